The number of hydrogen-bond donors (Lipinski definition) is 2. The van der Waals surface area contributed by atoms with Crippen molar-refractivity contribution < 1.29 is 14.9 Å². The maximum absolute atomic E-state index is 9.38. The summed E-state index contributed by atoms with van der Waals surface area (Å²) >= 11 is 0. The van der Waals surface area contributed by atoms with Crippen LogP contribution in [-0.2, 0) is 17.6 Å². The van der Waals surface area contributed by atoms with Crippen LogP contribution in [0.5, 0.6) is 11.5 Å². The molecule has 0 aliphatic heterocycles. The Balaban J connectivity index is 0.000000162. The van der Waals surface area contributed by atoms with E-state index in [9.17, 15) is 10.2 Å². The standard InChI is InChI=1S/C20H18O.C10H8O2/c1-3-15-7-9-19(15)17(5-1)11-13-21-14-12-18-6-2-4-16-8-10-20(16)18;11-9-5-1-3-7-8(9)4-2-6-10(7)12/h1-10H,11-14H2;1-6,11-12H. The smallest absolute Gasteiger partial charge is 0.123 e. The second kappa shape index (κ2) is 9.35. The Bertz CT molecular complexity index is 1260. The lowest BCUT2D eigenvalue weighted by Gasteiger charge is -2.16. The van der Waals surface area contributed by atoms with Crippen molar-refractivity contribution >= 4 is 35.1 Å². The van der Waals surface area contributed by atoms with Gasteiger partial charge in [0.15, 0.2) is 0 Å². The fourth-order valence-electron chi connectivity index (χ4n) is 4.30. The van der Waals surface area contributed by atoms with Gasteiger partial charge in [0.25, 0.3) is 0 Å². The molecule has 0 spiro atoms. The Labute approximate surface area is 193 Å². The van der Waals surface area contributed by atoms with Crippen LogP contribution in [0.3, 0.4) is 0 Å². The van der Waals surface area contributed by atoms with Crippen molar-refractivity contribution in [2.45, 2.75) is 12.8 Å². The van der Waals surface area contributed by atoms with Gasteiger partial charge in [-0.3, -0.25) is 0 Å². The second-order valence-corrected chi connectivity index (χ2v) is 8.27. The Kier molecular flexibility index (Phi) is 5.97. The van der Waals surface area contributed by atoms with Crippen LogP contribution in [0.15, 0.2) is 72.8 Å². The number of phenols is 2. The largest absolute Gasteiger partial charge is 0.507 e. The Morgan fingerprint density at radius 3 is 1.39 bits per heavy atom. The minimum absolute atomic E-state index is 0.198. The van der Waals surface area contributed by atoms with Crippen molar-refractivity contribution in [2.75, 3.05) is 13.2 Å². The Morgan fingerprint density at radius 1 is 0.515 bits per heavy atom. The molecule has 2 aliphatic rings. The minimum Gasteiger partial charge on any atom is -0.507 e. The second-order valence-electron chi connectivity index (χ2n) is 8.27. The average Bonchev–Trinajstić information content (AvgIpc) is 2.77. The van der Waals surface area contributed by atoms with Gasteiger partial charge in [0.05, 0.1) is 13.2 Å². The first-order chi connectivity index (χ1) is 16.2. The normalized spacial score (nSPS) is 12.2. The van der Waals surface area contributed by atoms with Crippen LogP contribution in [-0.4, -0.2) is 23.4 Å². The number of aromatic hydroxyl groups is 2. The molecule has 0 aromatic heterocycles. The van der Waals surface area contributed by atoms with E-state index in [4.69, 9.17) is 4.74 Å². The summed E-state index contributed by atoms with van der Waals surface area (Å²) in [5.74, 6) is 0.395. The third kappa shape index (κ3) is 4.41. The van der Waals surface area contributed by atoms with Gasteiger partial charge in [-0.2, -0.15) is 0 Å². The molecule has 0 saturated carbocycles. The number of ether oxygens (including phenoxy) is 1. The van der Waals surface area contributed by atoms with Crippen molar-refractivity contribution in [3.05, 3.63) is 106 Å². The first kappa shape index (κ1) is 21.0. The van der Waals surface area contributed by atoms with Crippen LogP contribution >= 0.6 is 0 Å². The van der Waals surface area contributed by atoms with Crippen LogP contribution < -0.4 is 0 Å². The molecule has 0 amide bonds. The molecule has 4 aromatic rings. The first-order valence-electron chi connectivity index (χ1n) is 11.3. The molecule has 3 heteroatoms. The minimum atomic E-state index is 0.198. The predicted molar refractivity (Wildman–Crippen MR) is 136 cm³/mol. The number of benzene rings is 4. The molecular weight excluding hydrogens is 408 g/mol. The highest BCUT2D eigenvalue weighted by Crippen LogP contribution is 2.30. The molecule has 0 fully saturated rings. The summed E-state index contributed by atoms with van der Waals surface area (Å²) in [6.45, 7) is 1.60. The van der Waals surface area contributed by atoms with E-state index >= 15 is 0 Å². The number of hydrogen-bond acceptors (Lipinski definition) is 3. The lowest BCUT2D eigenvalue weighted by atomic mass is 9.91. The molecule has 164 valence electrons. The molecule has 4 aromatic carbocycles. The molecule has 33 heavy (non-hydrogen) atoms. The van der Waals surface area contributed by atoms with Gasteiger partial charge in [-0.25, -0.2) is 0 Å². The van der Waals surface area contributed by atoms with E-state index in [0.717, 1.165) is 26.1 Å². The Morgan fingerprint density at radius 2 is 0.970 bits per heavy atom. The van der Waals surface area contributed by atoms with Crippen LogP contribution in [0.25, 0.3) is 35.1 Å². The monoisotopic (exact) mass is 434 g/mol. The molecule has 2 aliphatic carbocycles. The summed E-state index contributed by atoms with van der Waals surface area (Å²) in [7, 11) is 0. The van der Waals surface area contributed by atoms with E-state index in [1.165, 1.54) is 33.4 Å². The third-order valence-electron chi connectivity index (χ3n) is 6.23. The number of rotatable bonds is 6. The number of phenolic OH excluding ortho intramolecular Hbond substituents is 2. The summed E-state index contributed by atoms with van der Waals surface area (Å²) in [4.78, 5) is 0. The van der Waals surface area contributed by atoms with Crippen LogP contribution in [0, 0.1) is 0 Å². The highest BCUT2D eigenvalue weighted by molar-refractivity contribution is 5.92. The summed E-state index contributed by atoms with van der Waals surface area (Å²) < 4.78 is 5.83. The summed E-state index contributed by atoms with van der Waals surface area (Å²) in [5.41, 5.74) is 8.33. The van der Waals surface area contributed by atoms with Gasteiger partial charge in [0, 0.05) is 10.8 Å². The van der Waals surface area contributed by atoms with Crippen molar-refractivity contribution in [3.63, 3.8) is 0 Å². The fourth-order valence-corrected chi connectivity index (χ4v) is 4.30. The van der Waals surface area contributed by atoms with E-state index in [0.29, 0.717) is 10.8 Å². The highest BCUT2D eigenvalue weighted by Gasteiger charge is 2.11. The van der Waals surface area contributed by atoms with Crippen molar-refractivity contribution in [1.29, 1.82) is 0 Å². The van der Waals surface area contributed by atoms with E-state index in [2.05, 4.69) is 60.7 Å². The van der Waals surface area contributed by atoms with Crippen LogP contribution in [0.2, 0.25) is 0 Å². The summed E-state index contributed by atoms with van der Waals surface area (Å²) in [5, 5.41) is 20.1. The molecule has 0 unspecified atom stereocenters. The van der Waals surface area contributed by atoms with E-state index in [1.54, 1.807) is 36.4 Å². The average molecular weight is 435 g/mol. The fraction of sp³-hybridized carbons (Fsp3) is 0.133. The molecule has 0 saturated heterocycles. The van der Waals surface area contributed by atoms with Gasteiger partial charge in [-0.1, -0.05) is 85.0 Å². The van der Waals surface area contributed by atoms with Gasteiger partial charge in [0.1, 0.15) is 11.5 Å². The maximum Gasteiger partial charge on any atom is 0.123 e. The SMILES string of the molecule is C1=Cc2c1cccc2CCOCCc1cccc2c1C=C2.Oc1cccc2c(O)cccc12. The van der Waals surface area contributed by atoms with Crippen LogP contribution in [0.1, 0.15) is 33.4 Å². The molecule has 0 heterocycles. The molecule has 0 bridgehead atoms. The van der Waals surface area contributed by atoms with Gasteiger partial charge in [-0.05, 0) is 58.4 Å². The molecule has 6 rings (SSSR count). The van der Waals surface area contributed by atoms with E-state index in [1.807, 2.05) is 0 Å². The molecular formula is C30H26O3. The lowest BCUT2D eigenvalue weighted by molar-refractivity contribution is 0.140. The quantitative estimate of drug-likeness (QED) is 0.287. The lowest BCUT2D eigenvalue weighted by Crippen LogP contribution is -2.07. The summed E-state index contributed by atoms with van der Waals surface area (Å²) in [6, 6.07) is 23.2. The van der Waals surface area contributed by atoms with Crippen LogP contribution in [0.4, 0.5) is 0 Å². The van der Waals surface area contributed by atoms with Gasteiger partial charge < -0.3 is 14.9 Å². The molecule has 3 nitrogen and oxygen atoms in total. The van der Waals surface area contributed by atoms with Crippen molar-refractivity contribution in [1.82, 2.24) is 0 Å². The Hall–Kier alpha value is -3.82. The van der Waals surface area contributed by atoms with Gasteiger partial charge in [-0.15, -0.1) is 0 Å². The zero-order valence-electron chi connectivity index (χ0n) is 18.4. The first-order valence-corrected chi connectivity index (χ1v) is 11.3. The van der Waals surface area contributed by atoms with Crippen molar-refractivity contribution in [2.24, 2.45) is 0 Å². The predicted octanol–water partition coefficient (Wildman–Crippen LogP) is 6.71. The van der Waals surface area contributed by atoms with E-state index < -0.39 is 0 Å². The van der Waals surface area contributed by atoms with Gasteiger partial charge >= 0.3 is 0 Å². The number of fused-ring (bicyclic) bond motifs is 3. The van der Waals surface area contributed by atoms with Crippen molar-refractivity contribution in [3.8, 4) is 11.5 Å². The van der Waals surface area contributed by atoms with E-state index in [-0.39, 0.29) is 11.5 Å². The third-order valence-corrected chi connectivity index (χ3v) is 6.23. The maximum atomic E-state index is 9.38. The molecule has 0 radical (unpaired) electrons. The summed E-state index contributed by atoms with van der Waals surface area (Å²) in [6.07, 6.45) is 10.7. The van der Waals surface area contributed by atoms with Gasteiger partial charge in [0.2, 0.25) is 0 Å². The molecule has 2 N–H and O–H groups in total. The zero-order valence-corrected chi connectivity index (χ0v) is 18.4. The zero-order chi connectivity index (χ0) is 22.6. The molecule has 0 atom stereocenters. The highest BCUT2D eigenvalue weighted by atomic mass is 16.5. The topological polar surface area (TPSA) is 49.7 Å².